The second-order valence-corrected chi connectivity index (χ2v) is 9.10. The molecule has 5 rings (SSSR count). The van der Waals surface area contributed by atoms with Gasteiger partial charge in [-0.05, 0) is 55.5 Å². The van der Waals surface area contributed by atoms with E-state index in [2.05, 4.69) is 15.2 Å². The molecule has 6 nitrogen and oxygen atoms in total. The molecule has 3 heterocycles. The Hall–Kier alpha value is -3.27. The number of anilines is 2. The number of morpholine rings is 1. The average molecular weight is 514 g/mol. The van der Waals surface area contributed by atoms with Crippen LogP contribution in [0.3, 0.4) is 0 Å². The number of alkyl halides is 3. The van der Waals surface area contributed by atoms with Crippen molar-refractivity contribution < 1.29 is 17.9 Å². The van der Waals surface area contributed by atoms with Gasteiger partial charge in [0.2, 0.25) is 0 Å². The Morgan fingerprint density at radius 1 is 1.11 bits per heavy atom. The van der Waals surface area contributed by atoms with Crippen LogP contribution in [0.2, 0.25) is 5.02 Å². The minimum absolute atomic E-state index is 0.0995. The Kier molecular flexibility index (Phi) is 6.79. The highest BCUT2D eigenvalue weighted by Crippen LogP contribution is 2.37. The van der Waals surface area contributed by atoms with E-state index in [9.17, 15) is 13.2 Å². The van der Waals surface area contributed by atoms with Crippen molar-refractivity contribution in [2.24, 2.45) is 0 Å². The standard InChI is InChI=1S/C26H23ClF3N5O/c1-16-14-35(11-12-36-16)15-23-33-22-13-17(24-21(26(28,29)30)3-2-10-31-24)4-9-20(22)25(34-23)32-19-7-5-18(27)6-8-19/h2-10,13,16H,11-12,14-15H2,1H3,(H,32,33,34)/t16-/m0/s1. The quantitative estimate of drug-likeness (QED) is 0.336. The summed E-state index contributed by atoms with van der Waals surface area (Å²) in [6.45, 7) is 4.60. The number of pyridine rings is 1. The Labute approximate surface area is 211 Å². The summed E-state index contributed by atoms with van der Waals surface area (Å²) in [7, 11) is 0. The molecule has 36 heavy (non-hydrogen) atoms. The molecule has 2 aromatic heterocycles. The molecule has 1 N–H and O–H groups in total. The second-order valence-electron chi connectivity index (χ2n) is 8.67. The molecule has 2 aromatic carbocycles. The van der Waals surface area contributed by atoms with Gasteiger partial charge >= 0.3 is 6.18 Å². The number of hydrogen-bond donors (Lipinski definition) is 1. The largest absolute Gasteiger partial charge is 0.418 e. The van der Waals surface area contributed by atoms with Crippen molar-refractivity contribution in [1.29, 1.82) is 0 Å². The van der Waals surface area contributed by atoms with Gasteiger partial charge in [-0.2, -0.15) is 13.2 Å². The van der Waals surface area contributed by atoms with Gasteiger partial charge in [0.05, 0.1) is 36.0 Å². The Morgan fingerprint density at radius 3 is 2.67 bits per heavy atom. The Morgan fingerprint density at radius 2 is 1.92 bits per heavy atom. The van der Waals surface area contributed by atoms with Gasteiger partial charge in [0.15, 0.2) is 0 Å². The Bertz CT molecular complexity index is 1380. The van der Waals surface area contributed by atoms with Crippen LogP contribution in [0, 0.1) is 0 Å². The van der Waals surface area contributed by atoms with Crippen LogP contribution >= 0.6 is 11.6 Å². The van der Waals surface area contributed by atoms with E-state index in [1.165, 1.54) is 12.3 Å². The number of rotatable bonds is 5. The summed E-state index contributed by atoms with van der Waals surface area (Å²) >= 11 is 6.02. The van der Waals surface area contributed by atoms with Crippen LogP contribution in [0.4, 0.5) is 24.7 Å². The van der Waals surface area contributed by atoms with Gasteiger partial charge in [0.25, 0.3) is 0 Å². The number of fused-ring (bicyclic) bond motifs is 1. The van der Waals surface area contributed by atoms with E-state index in [0.29, 0.717) is 46.3 Å². The number of nitrogens with one attached hydrogen (secondary N) is 1. The zero-order valence-electron chi connectivity index (χ0n) is 19.4. The average Bonchev–Trinajstić information content (AvgIpc) is 2.84. The molecule has 0 unspecified atom stereocenters. The number of halogens is 4. The third-order valence-corrected chi connectivity index (χ3v) is 6.18. The second kappa shape index (κ2) is 10.0. The summed E-state index contributed by atoms with van der Waals surface area (Å²) in [6.07, 6.45) is -3.07. The van der Waals surface area contributed by atoms with Crippen LogP contribution < -0.4 is 5.32 Å². The summed E-state index contributed by atoms with van der Waals surface area (Å²) in [6, 6.07) is 14.5. The maximum Gasteiger partial charge on any atom is 0.418 e. The fraction of sp³-hybridized carbons (Fsp3) is 0.269. The minimum atomic E-state index is -4.52. The summed E-state index contributed by atoms with van der Waals surface area (Å²) in [5.74, 6) is 1.12. The number of benzene rings is 2. The van der Waals surface area contributed by atoms with E-state index in [0.717, 1.165) is 24.8 Å². The molecule has 0 spiro atoms. The molecule has 0 aliphatic carbocycles. The summed E-state index contributed by atoms with van der Waals surface area (Å²) in [4.78, 5) is 15.7. The molecule has 1 aliphatic heterocycles. The van der Waals surface area contributed by atoms with Gasteiger partial charge in [0.1, 0.15) is 11.6 Å². The van der Waals surface area contributed by atoms with E-state index >= 15 is 0 Å². The van der Waals surface area contributed by atoms with Crippen molar-refractivity contribution in [2.45, 2.75) is 25.7 Å². The van der Waals surface area contributed by atoms with Crippen LogP contribution in [0.15, 0.2) is 60.8 Å². The van der Waals surface area contributed by atoms with Crippen molar-refractivity contribution in [2.75, 3.05) is 25.0 Å². The van der Waals surface area contributed by atoms with E-state index in [1.807, 2.05) is 19.1 Å². The maximum atomic E-state index is 13.6. The molecule has 0 radical (unpaired) electrons. The first-order chi connectivity index (χ1) is 17.3. The van der Waals surface area contributed by atoms with Crippen LogP contribution in [-0.2, 0) is 17.5 Å². The van der Waals surface area contributed by atoms with E-state index in [4.69, 9.17) is 26.3 Å². The van der Waals surface area contributed by atoms with Crippen LogP contribution in [-0.4, -0.2) is 45.7 Å². The highest BCUT2D eigenvalue weighted by atomic mass is 35.5. The first kappa shape index (κ1) is 24.4. The van der Waals surface area contributed by atoms with Crippen molar-refractivity contribution in [1.82, 2.24) is 19.9 Å². The lowest BCUT2D eigenvalue weighted by atomic mass is 10.0. The Balaban J connectivity index is 1.59. The number of ether oxygens (including phenoxy) is 1. The van der Waals surface area contributed by atoms with Crippen molar-refractivity contribution >= 4 is 34.0 Å². The summed E-state index contributed by atoms with van der Waals surface area (Å²) in [5.41, 5.74) is 0.701. The first-order valence-electron chi connectivity index (χ1n) is 11.5. The molecule has 0 saturated carbocycles. The van der Waals surface area contributed by atoms with E-state index < -0.39 is 11.7 Å². The highest BCUT2D eigenvalue weighted by molar-refractivity contribution is 6.30. The van der Waals surface area contributed by atoms with Gasteiger partial charge in [-0.3, -0.25) is 9.88 Å². The number of nitrogens with zero attached hydrogens (tertiary/aromatic N) is 4. The van der Waals surface area contributed by atoms with E-state index in [1.54, 1.807) is 30.3 Å². The molecule has 1 saturated heterocycles. The van der Waals surface area contributed by atoms with Gasteiger partial charge in [-0.1, -0.05) is 17.7 Å². The molecule has 1 aliphatic rings. The maximum absolute atomic E-state index is 13.6. The monoisotopic (exact) mass is 513 g/mol. The SMILES string of the molecule is C[C@H]1CN(Cc2nc(Nc3ccc(Cl)cc3)c3ccc(-c4ncccc4C(F)(F)F)cc3n2)CCO1. The van der Waals surface area contributed by atoms with Gasteiger partial charge < -0.3 is 10.1 Å². The van der Waals surface area contributed by atoms with Crippen LogP contribution in [0.5, 0.6) is 0 Å². The molecular weight excluding hydrogens is 491 g/mol. The molecule has 4 aromatic rings. The fourth-order valence-electron chi connectivity index (χ4n) is 4.26. The zero-order chi connectivity index (χ0) is 25.3. The number of hydrogen-bond acceptors (Lipinski definition) is 6. The van der Waals surface area contributed by atoms with Gasteiger partial charge in [0, 0.05) is 40.9 Å². The van der Waals surface area contributed by atoms with Crippen molar-refractivity contribution in [3.63, 3.8) is 0 Å². The predicted molar refractivity (Wildman–Crippen MR) is 133 cm³/mol. The van der Waals surface area contributed by atoms with E-state index in [-0.39, 0.29) is 11.8 Å². The van der Waals surface area contributed by atoms with Crippen LogP contribution in [0.25, 0.3) is 22.2 Å². The topological polar surface area (TPSA) is 63.2 Å². The molecule has 0 bridgehead atoms. The lowest BCUT2D eigenvalue weighted by Gasteiger charge is -2.30. The lowest BCUT2D eigenvalue weighted by molar-refractivity contribution is -0.137. The fourth-order valence-corrected chi connectivity index (χ4v) is 4.39. The molecule has 0 amide bonds. The normalized spacial score (nSPS) is 16.9. The predicted octanol–water partition coefficient (Wildman–Crippen LogP) is 6.33. The van der Waals surface area contributed by atoms with Crippen LogP contribution in [0.1, 0.15) is 18.3 Å². The summed E-state index contributed by atoms with van der Waals surface area (Å²) < 4.78 is 46.5. The molecular formula is C26H23ClF3N5O. The lowest BCUT2D eigenvalue weighted by Crippen LogP contribution is -2.40. The first-order valence-corrected chi connectivity index (χ1v) is 11.8. The zero-order valence-corrected chi connectivity index (χ0v) is 20.1. The minimum Gasteiger partial charge on any atom is -0.376 e. The molecule has 186 valence electrons. The molecule has 1 atom stereocenters. The van der Waals surface area contributed by atoms with Crippen molar-refractivity contribution in [3.8, 4) is 11.3 Å². The van der Waals surface area contributed by atoms with Crippen molar-refractivity contribution in [3.05, 3.63) is 77.2 Å². The van der Waals surface area contributed by atoms with Gasteiger partial charge in [-0.15, -0.1) is 0 Å². The smallest absolute Gasteiger partial charge is 0.376 e. The highest BCUT2D eigenvalue weighted by Gasteiger charge is 2.34. The summed E-state index contributed by atoms with van der Waals surface area (Å²) in [5, 5.41) is 4.59. The number of aromatic nitrogens is 3. The molecule has 1 fully saturated rings. The van der Waals surface area contributed by atoms with Gasteiger partial charge in [-0.25, -0.2) is 9.97 Å². The molecule has 10 heteroatoms. The third-order valence-electron chi connectivity index (χ3n) is 5.93. The third kappa shape index (κ3) is 5.43.